The minimum absolute atomic E-state index is 0.0143. The lowest BCUT2D eigenvalue weighted by molar-refractivity contribution is -0.137. The third-order valence-electron chi connectivity index (χ3n) is 4.08. The summed E-state index contributed by atoms with van der Waals surface area (Å²) in [5.74, 6) is 0. The summed E-state index contributed by atoms with van der Waals surface area (Å²) < 4.78 is 65.0. The molecule has 0 radical (unpaired) electrons. The largest absolute Gasteiger partial charge is 0.416 e. The third kappa shape index (κ3) is 4.78. The van der Waals surface area contributed by atoms with E-state index < -0.39 is 21.8 Å². The standard InChI is InChI=1S/C18H16F3N3O2S/c19-18(20,21)14-3-8-17(13(9-14)10-22)23-11-12-1-6-16(7-2-12)27(25,26)24-15-4-5-15/h1-3,6-9,15,23-24H,4-5,11H2. The Hall–Kier alpha value is -2.57. The number of sulfonamides is 1. The number of alkyl halides is 3. The topological polar surface area (TPSA) is 82.0 Å². The first kappa shape index (κ1) is 19.2. The van der Waals surface area contributed by atoms with E-state index >= 15 is 0 Å². The second-order valence-electron chi connectivity index (χ2n) is 6.26. The number of benzene rings is 2. The maximum atomic E-state index is 12.7. The van der Waals surface area contributed by atoms with Crippen LogP contribution in [0.15, 0.2) is 47.4 Å². The van der Waals surface area contributed by atoms with Crippen molar-refractivity contribution in [3.05, 3.63) is 59.2 Å². The van der Waals surface area contributed by atoms with E-state index in [0.29, 0.717) is 0 Å². The number of nitrogens with one attached hydrogen (secondary N) is 2. The molecule has 5 nitrogen and oxygen atoms in total. The first-order valence-corrected chi connectivity index (χ1v) is 9.64. The molecule has 1 aliphatic carbocycles. The molecule has 27 heavy (non-hydrogen) atoms. The molecule has 0 atom stereocenters. The SMILES string of the molecule is N#Cc1cc(C(F)(F)F)ccc1NCc1ccc(S(=O)(=O)NC2CC2)cc1. The smallest absolute Gasteiger partial charge is 0.380 e. The van der Waals surface area contributed by atoms with Crippen molar-refractivity contribution in [3.63, 3.8) is 0 Å². The molecule has 9 heteroatoms. The average molecular weight is 395 g/mol. The number of nitriles is 1. The molecular weight excluding hydrogens is 379 g/mol. The summed E-state index contributed by atoms with van der Waals surface area (Å²) in [6, 6.07) is 10.8. The molecule has 2 aromatic rings. The Balaban J connectivity index is 1.69. The lowest BCUT2D eigenvalue weighted by Crippen LogP contribution is -2.25. The molecular formula is C18H16F3N3O2S. The molecule has 0 heterocycles. The van der Waals surface area contributed by atoms with E-state index in [0.717, 1.165) is 30.5 Å². The second-order valence-corrected chi connectivity index (χ2v) is 7.98. The molecule has 0 amide bonds. The van der Waals surface area contributed by atoms with E-state index in [1.54, 1.807) is 18.2 Å². The van der Waals surface area contributed by atoms with Crippen LogP contribution in [0.5, 0.6) is 0 Å². The van der Waals surface area contributed by atoms with Gasteiger partial charge in [0.05, 0.1) is 21.7 Å². The molecule has 0 bridgehead atoms. The molecule has 142 valence electrons. The van der Waals surface area contributed by atoms with Crippen LogP contribution in [0.1, 0.15) is 29.5 Å². The van der Waals surface area contributed by atoms with Crippen molar-refractivity contribution in [2.75, 3.05) is 5.32 Å². The zero-order chi connectivity index (χ0) is 19.7. The van der Waals surface area contributed by atoms with Gasteiger partial charge in [-0.15, -0.1) is 0 Å². The molecule has 2 aromatic carbocycles. The number of hydrogen-bond acceptors (Lipinski definition) is 4. The summed E-state index contributed by atoms with van der Waals surface area (Å²) in [5, 5.41) is 12.0. The van der Waals surface area contributed by atoms with Gasteiger partial charge in [-0.3, -0.25) is 0 Å². The van der Waals surface area contributed by atoms with E-state index in [1.807, 2.05) is 0 Å². The van der Waals surface area contributed by atoms with Gasteiger partial charge < -0.3 is 5.32 Å². The number of anilines is 1. The van der Waals surface area contributed by atoms with Crippen LogP contribution in [-0.2, 0) is 22.7 Å². The van der Waals surface area contributed by atoms with Crippen molar-refractivity contribution >= 4 is 15.7 Å². The highest BCUT2D eigenvalue weighted by atomic mass is 32.2. The lowest BCUT2D eigenvalue weighted by Gasteiger charge is -2.12. The van der Waals surface area contributed by atoms with Crippen LogP contribution in [0, 0.1) is 11.3 Å². The van der Waals surface area contributed by atoms with E-state index in [-0.39, 0.29) is 28.7 Å². The fourth-order valence-electron chi connectivity index (χ4n) is 2.44. The normalized spacial score (nSPS) is 14.6. The van der Waals surface area contributed by atoms with Gasteiger partial charge in [0.15, 0.2) is 0 Å². The first-order chi connectivity index (χ1) is 12.7. The molecule has 0 saturated heterocycles. The Bertz CT molecular complexity index is 976. The Kier molecular flexibility index (Phi) is 5.13. The molecule has 1 fully saturated rings. The number of halogens is 3. The van der Waals surface area contributed by atoms with Gasteiger partial charge in [0.1, 0.15) is 6.07 Å². The van der Waals surface area contributed by atoms with Gasteiger partial charge in [-0.05, 0) is 48.7 Å². The summed E-state index contributed by atoms with van der Waals surface area (Å²) in [7, 11) is -3.53. The van der Waals surface area contributed by atoms with E-state index in [1.165, 1.54) is 18.2 Å². The second kappa shape index (κ2) is 7.21. The molecule has 1 saturated carbocycles. The maximum Gasteiger partial charge on any atom is 0.416 e. The zero-order valence-electron chi connectivity index (χ0n) is 14.0. The Morgan fingerprint density at radius 3 is 2.33 bits per heavy atom. The van der Waals surface area contributed by atoms with Crippen molar-refractivity contribution in [2.24, 2.45) is 0 Å². The van der Waals surface area contributed by atoms with Gasteiger partial charge >= 0.3 is 6.18 Å². The van der Waals surface area contributed by atoms with E-state index in [2.05, 4.69) is 10.0 Å². The summed E-state index contributed by atoms with van der Waals surface area (Å²) in [6.07, 6.45) is -2.83. The lowest BCUT2D eigenvalue weighted by atomic mass is 10.1. The van der Waals surface area contributed by atoms with Gasteiger partial charge in [0.2, 0.25) is 10.0 Å². The van der Waals surface area contributed by atoms with Crippen molar-refractivity contribution in [1.29, 1.82) is 5.26 Å². The van der Waals surface area contributed by atoms with Gasteiger partial charge in [0, 0.05) is 12.6 Å². The fourth-order valence-corrected chi connectivity index (χ4v) is 3.74. The van der Waals surface area contributed by atoms with Gasteiger partial charge in [-0.1, -0.05) is 12.1 Å². The van der Waals surface area contributed by atoms with Crippen LogP contribution in [0.4, 0.5) is 18.9 Å². The fraction of sp³-hybridized carbons (Fsp3) is 0.278. The molecule has 1 aliphatic rings. The minimum Gasteiger partial charge on any atom is -0.380 e. The molecule has 3 rings (SSSR count). The van der Waals surface area contributed by atoms with Gasteiger partial charge in [0.25, 0.3) is 0 Å². The summed E-state index contributed by atoms with van der Waals surface area (Å²) in [6.45, 7) is 0.233. The first-order valence-electron chi connectivity index (χ1n) is 8.15. The quantitative estimate of drug-likeness (QED) is 0.783. The zero-order valence-corrected chi connectivity index (χ0v) is 14.9. The number of rotatable bonds is 6. The van der Waals surface area contributed by atoms with Crippen molar-refractivity contribution in [2.45, 2.75) is 36.5 Å². The predicted molar refractivity (Wildman–Crippen MR) is 93.3 cm³/mol. The average Bonchev–Trinajstić information content (AvgIpc) is 3.42. The third-order valence-corrected chi connectivity index (χ3v) is 5.62. The van der Waals surface area contributed by atoms with Crippen molar-refractivity contribution in [1.82, 2.24) is 4.72 Å². The highest BCUT2D eigenvalue weighted by molar-refractivity contribution is 7.89. The maximum absolute atomic E-state index is 12.7. The van der Waals surface area contributed by atoms with Crippen molar-refractivity contribution < 1.29 is 21.6 Å². The Morgan fingerprint density at radius 2 is 1.78 bits per heavy atom. The minimum atomic E-state index is -4.51. The number of nitrogens with zero attached hydrogens (tertiary/aromatic N) is 1. The number of hydrogen-bond donors (Lipinski definition) is 2. The summed E-state index contributed by atoms with van der Waals surface area (Å²) >= 11 is 0. The van der Waals surface area contributed by atoms with Crippen LogP contribution in [0.25, 0.3) is 0 Å². The van der Waals surface area contributed by atoms with Crippen LogP contribution in [0.3, 0.4) is 0 Å². The molecule has 0 spiro atoms. The Labute approximate surface area is 154 Å². The van der Waals surface area contributed by atoms with Gasteiger partial charge in [-0.25, -0.2) is 13.1 Å². The molecule has 0 aliphatic heterocycles. The molecule has 0 aromatic heterocycles. The van der Waals surface area contributed by atoms with E-state index in [4.69, 9.17) is 5.26 Å². The van der Waals surface area contributed by atoms with Crippen LogP contribution in [0.2, 0.25) is 0 Å². The van der Waals surface area contributed by atoms with Crippen LogP contribution in [-0.4, -0.2) is 14.5 Å². The van der Waals surface area contributed by atoms with Crippen molar-refractivity contribution in [3.8, 4) is 6.07 Å². The molecule has 0 unspecified atom stereocenters. The summed E-state index contributed by atoms with van der Waals surface area (Å²) in [5.41, 5.74) is 0.00161. The monoisotopic (exact) mass is 395 g/mol. The van der Waals surface area contributed by atoms with E-state index in [9.17, 15) is 21.6 Å². The highest BCUT2D eigenvalue weighted by Gasteiger charge is 2.31. The summed E-state index contributed by atoms with van der Waals surface area (Å²) in [4.78, 5) is 0.158. The Morgan fingerprint density at radius 1 is 1.11 bits per heavy atom. The predicted octanol–water partition coefficient (Wildman–Crippen LogP) is 3.63. The van der Waals surface area contributed by atoms with Crippen LogP contribution < -0.4 is 10.0 Å². The molecule has 2 N–H and O–H groups in total. The highest BCUT2D eigenvalue weighted by Crippen LogP contribution is 2.31. The van der Waals surface area contributed by atoms with Gasteiger partial charge in [-0.2, -0.15) is 18.4 Å². The van der Waals surface area contributed by atoms with Crippen LogP contribution >= 0.6 is 0 Å².